The summed E-state index contributed by atoms with van der Waals surface area (Å²) in [6.07, 6.45) is 4.55. The van der Waals surface area contributed by atoms with E-state index in [-0.39, 0.29) is 5.69 Å². The summed E-state index contributed by atoms with van der Waals surface area (Å²) in [6, 6.07) is 3.59. The second kappa shape index (κ2) is 5.21. The summed E-state index contributed by atoms with van der Waals surface area (Å²) in [7, 11) is 0. The maximum atomic E-state index is 11.4. The first kappa shape index (κ1) is 12.5. The van der Waals surface area contributed by atoms with Crippen molar-refractivity contribution in [3.05, 3.63) is 22.6 Å². The highest BCUT2D eigenvalue weighted by atomic mass is 35.5. The molecule has 2 heterocycles. The van der Waals surface area contributed by atoms with Crippen molar-refractivity contribution in [3.63, 3.8) is 0 Å². The van der Waals surface area contributed by atoms with E-state index in [1.807, 2.05) is 6.07 Å². The average Bonchev–Trinajstić information content (AvgIpc) is 2.78. The van der Waals surface area contributed by atoms with Gasteiger partial charge in [0.15, 0.2) is 5.65 Å². The summed E-state index contributed by atoms with van der Waals surface area (Å²) in [5, 5.41) is 14.0. The maximum Gasteiger partial charge on any atom is 0.364 e. The first-order valence-electron chi connectivity index (χ1n) is 6.55. The van der Waals surface area contributed by atoms with E-state index < -0.39 is 0 Å². The number of halogens is 1. The fraction of sp³-hybridized carbons (Fsp3) is 0.583. The number of H-pyrrole nitrogens is 1. The van der Waals surface area contributed by atoms with Gasteiger partial charge in [-0.2, -0.15) is 9.61 Å². The van der Waals surface area contributed by atoms with Crippen LogP contribution in [0.15, 0.2) is 16.9 Å². The van der Waals surface area contributed by atoms with Gasteiger partial charge in [0.2, 0.25) is 0 Å². The molecule has 102 valence electrons. The molecule has 0 bridgehead atoms. The zero-order chi connectivity index (χ0) is 13.2. The van der Waals surface area contributed by atoms with Gasteiger partial charge in [0.1, 0.15) is 5.82 Å². The smallest absolute Gasteiger partial charge is 0.364 e. The number of nitrogens with zero attached hydrogens (tertiary/aromatic N) is 3. The average molecular weight is 282 g/mol. The first-order valence-corrected chi connectivity index (χ1v) is 6.98. The number of aromatic nitrogens is 4. The zero-order valence-electron chi connectivity index (χ0n) is 10.5. The van der Waals surface area contributed by atoms with Crippen LogP contribution in [-0.2, 0) is 0 Å². The second-order valence-corrected chi connectivity index (χ2v) is 5.65. The van der Waals surface area contributed by atoms with Crippen LogP contribution in [0.2, 0.25) is 0 Å². The molecule has 7 heteroatoms. The molecule has 2 N–H and O–H groups in total. The predicted octanol–water partition coefficient (Wildman–Crippen LogP) is 1.63. The number of nitrogens with one attached hydrogen (secondary N) is 2. The molecule has 2 aromatic rings. The van der Waals surface area contributed by atoms with Crippen LogP contribution >= 0.6 is 11.6 Å². The number of anilines is 1. The summed E-state index contributed by atoms with van der Waals surface area (Å²) in [5.41, 5.74) is 0.200. The van der Waals surface area contributed by atoms with Crippen molar-refractivity contribution in [2.75, 3.05) is 11.9 Å². The van der Waals surface area contributed by atoms with Gasteiger partial charge < -0.3 is 5.32 Å². The lowest BCUT2D eigenvalue weighted by molar-refractivity contribution is 0.378. The largest absolute Gasteiger partial charge is 0.368 e. The van der Waals surface area contributed by atoms with Crippen LogP contribution in [0.25, 0.3) is 5.65 Å². The molecule has 0 spiro atoms. The van der Waals surface area contributed by atoms with E-state index in [2.05, 4.69) is 20.6 Å². The van der Waals surface area contributed by atoms with Crippen LogP contribution in [0.4, 0.5) is 5.82 Å². The van der Waals surface area contributed by atoms with Crippen molar-refractivity contribution >= 4 is 23.1 Å². The summed E-state index contributed by atoms with van der Waals surface area (Å²) < 4.78 is 1.26. The third-order valence-corrected chi connectivity index (χ3v) is 3.96. The Morgan fingerprint density at radius 2 is 2.37 bits per heavy atom. The predicted molar refractivity (Wildman–Crippen MR) is 73.7 cm³/mol. The summed E-state index contributed by atoms with van der Waals surface area (Å²) >= 11 is 6.18. The van der Waals surface area contributed by atoms with Crippen LogP contribution in [0.5, 0.6) is 0 Å². The molecule has 19 heavy (non-hydrogen) atoms. The summed E-state index contributed by atoms with van der Waals surface area (Å²) in [6.45, 7) is 0.842. The van der Waals surface area contributed by atoms with E-state index in [0.717, 1.165) is 19.4 Å². The Bertz CT molecular complexity index is 622. The molecule has 2 aromatic heterocycles. The highest BCUT2D eigenvalue weighted by Crippen LogP contribution is 2.27. The van der Waals surface area contributed by atoms with E-state index in [4.69, 9.17) is 11.6 Å². The van der Waals surface area contributed by atoms with Crippen molar-refractivity contribution in [1.82, 2.24) is 19.8 Å². The Morgan fingerprint density at radius 3 is 3.21 bits per heavy atom. The molecule has 0 amide bonds. The lowest BCUT2D eigenvalue weighted by atomic mass is 9.89. The molecule has 1 fully saturated rings. The Kier molecular flexibility index (Phi) is 3.42. The molecule has 2 atom stereocenters. The van der Waals surface area contributed by atoms with Gasteiger partial charge in [-0.05, 0) is 37.3 Å². The normalized spacial score (nSPS) is 23.6. The Hall–Kier alpha value is -1.56. The molecular formula is C12H16ClN5O. The highest BCUT2D eigenvalue weighted by Gasteiger charge is 2.20. The van der Waals surface area contributed by atoms with Gasteiger partial charge in [-0.1, -0.05) is 6.42 Å². The number of hydrogen-bond acceptors (Lipinski definition) is 4. The molecule has 1 aliphatic carbocycles. The van der Waals surface area contributed by atoms with E-state index in [1.165, 1.54) is 17.4 Å². The van der Waals surface area contributed by atoms with Gasteiger partial charge in [0.05, 0.1) is 0 Å². The summed E-state index contributed by atoms with van der Waals surface area (Å²) in [4.78, 5) is 11.4. The van der Waals surface area contributed by atoms with Gasteiger partial charge in [0, 0.05) is 11.9 Å². The number of alkyl halides is 1. The van der Waals surface area contributed by atoms with E-state index in [9.17, 15) is 4.79 Å². The van der Waals surface area contributed by atoms with E-state index in [0.29, 0.717) is 22.8 Å². The van der Waals surface area contributed by atoms with Crippen LogP contribution < -0.4 is 11.0 Å². The number of aromatic amines is 1. The van der Waals surface area contributed by atoms with E-state index >= 15 is 0 Å². The molecule has 1 aliphatic rings. The number of fused-ring (bicyclic) bond motifs is 1. The van der Waals surface area contributed by atoms with Crippen LogP contribution in [0.3, 0.4) is 0 Å². The van der Waals surface area contributed by atoms with Gasteiger partial charge >= 0.3 is 5.69 Å². The minimum Gasteiger partial charge on any atom is -0.368 e. The lowest BCUT2D eigenvalue weighted by Crippen LogP contribution is -2.23. The van der Waals surface area contributed by atoms with Crippen LogP contribution in [-0.4, -0.2) is 31.7 Å². The molecule has 0 aromatic carbocycles. The third-order valence-electron chi connectivity index (χ3n) is 3.56. The fourth-order valence-corrected chi connectivity index (χ4v) is 2.96. The first-order chi connectivity index (χ1) is 9.22. The van der Waals surface area contributed by atoms with Gasteiger partial charge in [-0.25, -0.2) is 9.89 Å². The Balaban J connectivity index is 1.67. The maximum absolute atomic E-state index is 11.4. The number of rotatable bonds is 3. The minimum atomic E-state index is -0.322. The molecule has 1 saturated carbocycles. The summed E-state index contributed by atoms with van der Waals surface area (Å²) in [5.74, 6) is 1.27. The van der Waals surface area contributed by atoms with Crippen molar-refractivity contribution in [1.29, 1.82) is 0 Å². The Morgan fingerprint density at radius 1 is 1.47 bits per heavy atom. The van der Waals surface area contributed by atoms with E-state index in [1.54, 1.807) is 6.07 Å². The van der Waals surface area contributed by atoms with Crippen LogP contribution in [0, 0.1) is 5.92 Å². The monoisotopic (exact) mass is 281 g/mol. The molecular weight excluding hydrogens is 266 g/mol. The van der Waals surface area contributed by atoms with Gasteiger partial charge in [-0.15, -0.1) is 16.7 Å². The second-order valence-electron chi connectivity index (χ2n) is 5.03. The third kappa shape index (κ3) is 2.73. The highest BCUT2D eigenvalue weighted by molar-refractivity contribution is 6.20. The van der Waals surface area contributed by atoms with Crippen molar-refractivity contribution in [2.45, 2.75) is 31.1 Å². The molecule has 6 nitrogen and oxygen atoms in total. The van der Waals surface area contributed by atoms with Gasteiger partial charge in [-0.3, -0.25) is 0 Å². The SMILES string of the molecule is O=c1[nH]nc2ccc(NCC3CCCC(Cl)C3)nn12. The molecule has 0 saturated heterocycles. The fourth-order valence-electron chi connectivity index (χ4n) is 2.56. The van der Waals surface area contributed by atoms with Crippen molar-refractivity contribution in [2.24, 2.45) is 5.92 Å². The Labute approximate surface area is 115 Å². The minimum absolute atomic E-state index is 0.299. The van der Waals surface area contributed by atoms with Crippen molar-refractivity contribution in [3.8, 4) is 0 Å². The standard InChI is InChI=1S/C12H16ClN5O/c13-9-3-1-2-8(6-9)7-14-10-4-5-11-15-16-12(19)18(11)17-10/h4-5,8-9H,1-3,6-7H2,(H,14,17)(H,16,19). The zero-order valence-corrected chi connectivity index (χ0v) is 11.2. The molecule has 3 rings (SSSR count). The quantitative estimate of drug-likeness (QED) is 0.839. The topological polar surface area (TPSA) is 75.1 Å². The van der Waals surface area contributed by atoms with Gasteiger partial charge in [0.25, 0.3) is 0 Å². The molecule has 0 aliphatic heterocycles. The van der Waals surface area contributed by atoms with Crippen molar-refractivity contribution < 1.29 is 0 Å². The lowest BCUT2D eigenvalue weighted by Gasteiger charge is -2.25. The number of hydrogen-bond donors (Lipinski definition) is 2. The van der Waals surface area contributed by atoms with Crippen LogP contribution in [0.1, 0.15) is 25.7 Å². The molecule has 0 radical (unpaired) electrons. The molecule has 2 unspecified atom stereocenters.